The first kappa shape index (κ1) is 20.1. The van der Waals surface area contributed by atoms with E-state index in [1.165, 1.54) is 15.4 Å². The van der Waals surface area contributed by atoms with Crippen LogP contribution in [0.4, 0.5) is 0 Å². The molecule has 2 heterocycles. The van der Waals surface area contributed by atoms with Gasteiger partial charge in [-0.05, 0) is 26.3 Å². The Morgan fingerprint density at radius 2 is 1.96 bits per heavy atom. The molecule has 0 aliphatic heterocycles. The summed E-state index contributed by atoms with van der Waals surface area (Å²) in [5.41, 5.74) is 3.47. The fourth-order valence-corrected chi connectivity index (χ4v) is 3.72. The normalized spacial score (nSPS) is 11.6. The minimum Gasteiger partial charge on any atom is -0.357 e. The molecule has 2 aromatic heterocycles. The topological polar surface area (TPSA) is 67.1 Å². The quantitative estimate of drug-likeness (QED) is 0.453. The Balaban J connectivity index is 1.52. The molecule has 3 rings (SSSR count). The van der Waals surface area contributed by atoms with Gasteiger partial charge in [-0.2, -0.15) is 5.10 Å². The lowest BCUT2D eigenvalue weighted by Crippen LogP contribution is -2.38. The summed E-state index contributed by atoms with van der Waals surface area (Å²) in [6.07, 6.45) is 4.84. The molecule has 1 aromatic carbocycles. The van der Waals surface area contributed by atoms with Crippen molar-refractivity contribution < 1.29 is 0 Å². The number of aromatic nitrogens is 3. The number of nitrogens with zero attached hydrogens (tertiary/aromatic N) is 4. The molecule has 0 radical (unpaired) electrons. The minimum atomic E-state index is 0.597. The van der Waals surface area contributed by atoms with Crippen molar-refractivity contribution >= 4 is 17.3 Å². The van der Waals surface area contributed by atoms with Crippen LogP contribution in [0.15, 0.2) is 47.7 Å². The maximum absolute atomic E-state index is 4.68. The Bertz CT molecular complexity index is 877. The van der Waals surface area contributed by atoms with Gasteiger partial charge in [-0.3, -0.25) is 4.68 Å². The second-order valence-corrected chi connectivity index (χ2v) is 7.94. The van der Waals surface area contributed by atoms with Crippen LogP contribution < -0.4 is 10.6 Å². The third-order valence-corrected chi connectivity index (χ3v) is 5.47. The average molecular weight is 397 g/mol. The lowest BCUT2D eigenvalue weighted by molar-refractivity contribution is 0.686. The zero-order chi connectivity index (χ0) is 19.8. The number of thiazole rings is 1. The van der Waals surface area contributed by atoms with E-state index in [9.17, 15) is 0 Å². The van der Waals surface area contributed by atoms with Crippen molar-refractivity contribution in [2.24, 2.45) is 4.99 Å². The van der Waals surface area contributed by atoms with E-state index in [0.717, 1.165) is 43.3 Å². The number of aliphatic imine (C=N–C) groups is 1. The molecule has 0 unspecified atom stereocenters. The van der Waals surface area contributed by atoms with E-state index < -0.39 is 0 Å². The highest BCUT2D eigenvalue weighted by atomic mass is 32.1. The summed E-state index contributed by atoms with van der Waals surface area (Å²) in [7, 11) is 0. The van der Waals surface area contributed by atoms with Crippen molar-refractivity contribution in [3.05, 3.63) is 69.4 Å². The summed E-state index contributed by atoms with van der Waals surface area (Å²) in [6, 6.07) is 10.3. The van der Waals surface area contributed by atoms with E-state index in [2.05, 4.69) is 64.8 Å². The summed E-state index contributed by atoms with van der Waals surface area (Å²) >= 11 is 1.77. The maximum atomic E-state index is 4.68. The lowest BCUT2D eigenvalue weighted by Gasteiger charge is -2.10. The summed E-state index contributed by atoms with van der Waals surface area (Å²) in [5, 5.41) is 12.3. The molecule has 0 saturated heterocycles. The molecular formula is C21H28N6S. The zero-order valence-electron chi connectivity index (χ0n) is 16.8. The SMILES string of the molecule is CCNC(=NCc1cnn(Cc2ccccc2)c1)NCCc1nc(C)c(C)s1. The molecule has 0 saturated carbocycles. The number of rotatable bonds is 8. The molecule has 0 aliphatic rings. The van der Waals surface area contributed by atoms with Gasteiger partial charge in [0.05, 0.1) is 30.0 Å². The Morgan fingerprint density at radius 1 is 1.14 bits per heavy atom. The van der Waals surface area contributed by atoms with Gasteiger partial charge in [-0.25, -0.2) is 9.98 Å². The smallest absolute Gasteiger partial charge is 0.191 e. The molecule has 6 nitrogen and oxygen atoms in total. The van der Waals surface area contributed by atoms with E-state index in [0.29, 0.717) is 6.54 Å². The second kappa shape index (κ2) is 10.0. The van der Waals surface area contributed by atoms with Gasteiger partial charge in [0.1, 0.15) is 0 Å². The van der Waals surface area contributed by atoms with Gasteiger partial charge in [0.25, 0.3) is 0 Å². The Labute approximate surface area is 170 Å². The van der Waals surface area contributed by atoms with Gasteiger partial charge in [-0.15, -0.1) is 11.3 Å². The predicted octanol–water partition coefficient (Wildman–Crippen LogP) is 3.30. The summed E-state index contributed by atoms with van der Waals surface area (Å²) in [4.78, 5) is 10.6. The van der Waals surface area contributed by atoms with Gasteiger partial charge < -0.3 is 10.6 Å². The van der Waals surface area contributed by atoms with E-state index in [4.69, 9.17) is 0 Å². The monoisotopic (exact) mass is 396 g/mol. The van der Waals surface area contributed by atoms with Crippen LogP contribution in [0.1, 0.15) is 33.6 Å². The van der Waals surface area contributed by atoms with Gasteiger partial charge >= 0.3 is 0 Å². The van der Waals surface area contributed by atoms with E-state index in [-0.39, 0.29) is 0 Å². The van der Waals surface area contributed by atoms with Crippen LogP contribution >= 0.6 is 11.3 Å². The van der Waals surface area contributed by atoms with Gasteiger partial charge in [0, 0.05) is 36.1 Å². The molecule has 0 bridgehead atoms. The highest BCUT2D eigenvalue weighted by molar-refractivity contribution is 7.11. The van der Waals surface area contributed by atoms with Crippen LogP contribution in [0.2, 0.25) is 0 Å². The van der Waals surface area contributed by atoms with Crippen LogP contribution in [-0.4, -0.2) is 33.8 Å². The molecule has 0 spiro atoms. The number of hydrogen-bond acceptors (Lipinski definition) is 4. The molecular weight excluding hydrogens is 368 g/mol. The Kier molecular flexibility index (Phi) is 7.19. The predicted molar refractivity (Wildman–Crippen MR) is 116 cm³/mol. The number of hydrogen-bond donors (Lipinski definition) is 2. The number of benzene rings is 1. The highest BCUT2D eigenvalue weighted by Gasteiger charge is 2.05. The van der Waals surface area contributed by atoms with Crippen LogP contribution in [-0.2, 0) is 19.5 Å². The molecule has 7 heteroatoms. The third kappa shape index (κ3) is 5.92. The summed E-state index contributed by atoms with van der Waals surface area (Å²) in [5.74, 6) is 0.823. The van der Waals surface area contributed by atoms with Crippen molar-refractivity contribution in [2.45, 2.75) is 40.3 Å². The molecule has 3 aromatic rings. The van der Waals surface area contributed by atoms with Crippen LogP contribution in [0.5, 0.6) is 0 Å². The first-order valence-corrected chi connectivity index (χ1v) is 10.5. The van der Waals surface area contributed by atoms with Gasteiger partial charge in [0.15, 0.2) is 5.96 Å². The first-order valence-electron chi connectivity index (χ1n) is 9.64. The molecule has 2 N–H and O–H groups in total. The number of nitrogens with one attached hydrogen (secondary N) is 2. The Morgan fingerprint density at radius 3 is 2.68 bits per heavy atom. The van der Waals surface area contributed by atoms with Crippen molar-refractivity contribution in [2.75, 3.05) is 13.1 Å². The molecule has 28 heavy (non-hydrogen) atoms. The number of guanidine groups is 1. The molecule has 0 amide bonds. The molecule has 148 valence electrons. The Hall–Kier alpha value is -2.67. The third-order valence-electron chi connectivity index (χ3n) is 4.34. The van der Waals surface area contributed by atoms with Crippen LogP contribution in [0, 0.1) is 13.8 Å². The number of aryl methyl sites for hydroxylation is 2. The van der Waals surface area contributed by atoms with E-state index in [1.54, 1.807) is 11.3 Å². The standard InChI is InChI=1S/C21H28N6S/c1-4-22-21(23-11-10-20-26-16(2)17(3)28-20)24-12-19-13-25-27(15-19)14-18-8-6-5-7-9-18/h5-9,13,15H,4,10-12,14H2,1-3H3,(H2,22,23,24). The van der Waals surface area contributed by atoms with E-state index >= 15 is 0 Å². The first-order chi connectivity index (χ1) is 13.6. The maximum Gasteiger partial charge on any atom is 0.191 e. The lowest BCUT2D eigenvalue weighted by atomic mass is 10.2. The van der Waals surface area contributed by atoms with Gasteiger partial charge in [-0.1, -0.05) is 30.3 Å². The minimum absolute atomic E-state index is 0.597. The van der Waals surface area contributed by atoms with Gasteiger partial charge in [0.2, 0.25) is 0 Å². The fraction of sp³-hybridized carbons (Fsp3) is 0.381. The van der Waals surface area contributed by atoms with Crippen molar-refractivity contribution in [3.8, 4) is 0 Å². The van der Waals surface area contributed by atoms with Crippen LogP contribution in [0.3, 0.4) is 0 Å². The summed E-state index contributed by atoms with van der Waals surface area (Å²) < 4.78 is 1.95. The van der Waals surface area contributed by atoms with E-state index in [1.807, 2.05) is 29.1 Å². The molecule has 0 atom stereocenters. The highest BCUT2D eigenvalue weighted by Crippen LogP contribution is 2.16. The molecule has 0 aliphatic carbocycles. The van der Waals surface area contributed by atoms with Crippen molar-refractivity contribution in [3.63, 3.8) is 0 Å². The second-order valence-electron chi connectivity index (χ2n) is 6.65. The van der Waals surface area contributed by atoms with Crippen molar-refractivity contribution in [1.29, 1.82) is 0 Å². The fourth-order valence-electron chi connectivity index (χ4n) is 2.79. The molecule has 0 fully saturated rings. The largest absolute Gasteiger partial charge is 0.357 e. The summed E-state index contributed by atoms with van der Waals surface area (Å²) in [6.45, 7) is 9.26. The zero-order valence-corrected chi connectivity index (χ0v) is 17.6. The van der Waals surface area contributed by atoms with Crippen molar-refractivity contribution in [1.82, 2.24) is 25.4 Å². The van der Waals surface area contributed by atoms with Crippen LogP contribution in [0.25, 0.3) is 0 Å². The average Bonchev–Trinajstić information content (AvgIpc) is 3.26.